The van der Waals surface area contributed by atoms with E-state index in [0.29, 0.717) is 46.9 Å². The Hall–Kier alpha value is -2.93. The molecule has 0 aliphatic heterocycles. The standard InChI is InChI=1S/C20H21ClN2O5/c1-3-7-26-20-16(21)9-14(10-19(20)24-4-2)12-22-27-13-15-11-18(28-23-15)17-6-5-8-25-17/h5-6,8-12H,3-4,7,13H2,1-2H3/b22-12-. The first-order valence-electron chi connectivity index (χ1n) is 8.95. The molecular formula is C20H21ClN2O5. The van der Waals surface area contributed by atoms with Crippen molar-refractivity contribution in [1.29, 1.82) is 0 Å². The Kier molecular flexibility index (Phi) is 6.97. The van der Waals surface area contributed by atoms with Gasteiger partial charge in [0.05, 0.1) is 30.7 Å². The van der Waals surface area contributed by atoms with Gasteiger partial charge in [-0.2, -0.15) is 0 Å². The molecule has 3 aromatic rings. The lowest BCUT2D eigenvalue weighted by molar-refractivity contribution is 0.126. The van der Waals surface area contributed by atoms with Crippen LogP contribution in [0.5, 0.6) is 11.5 Å². The molecule has 148 valence electrons. The maximum absolute atomic E-state index is 6.33. The van der Waals surface area contributed by atoms with Gasteiger partial charge >= 0.3 is 0 Å². The summed E-state index contributed by atoms with van der Waals surface area (Å²) in [5, 5.41) is 8.33. The van der Waals surface area contributed by atoms with E-state index in [4.69, 9.17) is 34.9 Å². The van der Waals surface area contributed by atoms with Crippen molar-refractivity contribution in [3.63, 3.8) is 0 Å². The van der Waals surface area contributed by atoms with E-state index in [9.17, 15) is 0 Å². The summed E-state index contributed by atoms with van der Waals surface area (Å²) in [5.41, 5.74) is 1.33. The SMILES string of the molecule is CCCOc1c(Cl)cc(/C=N\OCc2cc(-c3ccco3)on2)cc1OCC. The highest BCUT2D eigenvalue weighted by molar-refractivity contribution is 6.32. The van der Waals surface area contributed by atoms with E-state index in [2.05, 4.69) is 10.3 Å². The van der Waals surface area contributed by atoms with Crippen LogP contribution in [-0.2, 0) is 11.4 Å². The van der Waals surface area contributed by atoms with Gasteiger partial charge in [-0.1, -0.05) is 28.8 Å². The van der Waals surface area contributed by atoms with Crippen molar-refractivity contribution in [2.24, 2.45) is 5.16 Å². The maximum Gasteiger partial charge on any atom is 0.202 e. The van der Waals surface area contributed by atoms with Crippen LogP contribution >= 0.6 is 11.6 Å². The fourth-order valence-electron chi connectivity index (χ4n) is 2.39. The van der Waals surface area contributed by atoms with Crippen molar-refractivity contribution in [2.75, 3.05) is 13.2 Å². The van der Waals surface area contributed by atoms with Crippen LogP contribution in [0.25, 0.3) is 11.5 Å². The van der Waals surface area contributed by atoms with Gasteiger partial charge in [0.15, 0.2) is 23.9 Å². The number of halogens is 1. The van der Waals surface area contributed by atoms with E-state index in [0.717, 1.165) is 12.0 Å². The molecule has 0 saturated carbocycles. The molecule has 0 bridgehead atoms. The molecule has 8 heteroatoms. The van der Waals surface area contributed by atoms with Crippen LogP contribution in [0, 0.1) is 0 Å². The molecule has 0 unspecified atom stereocenters. The second-order valence-electron chi connectivity index (χ2n) is 5.78. The summed E-state index contributed by atoms with van der Waals surface area (Å²) in [4.78, 5) is 5.29. The molecule has 0 aliphatic rings. The molecule has 3 rings (SSSR count). The molecule has 0 saturated heterocycles. The second kappa shape index (κ2) is 9.85. The first-order chi connectivity index (χ1) is 13.7. The van der Waals surface area contributed by atoms with Gasteiger partial charge in [-0.05, 0) is 37.6 Å². The zero-order valence-corrected chi connectivity index (χ0v) is 16.4. The molecule has 2 heterocycles. The summed E-state index contributed by atoms with van der Waals surface area (Å²) >= 11 is 6.33. The number of aromatic nitrogens is 1. The third kappa shape index (κ3) is 5.07. The lowest BCUT2D eigenvalue weighted by Gasteiger charge is -2.13. The number of hydrogen-bond donors (Lipinski definition) is 0. The smallest absolute Gasteiger partial charge is 0.202 e. The number of benzene rings is 1. The van der Waals surface area contributed by atoms with Crippen LogP contribution in [0.1, 0.15) is 31.5 Å². The highest BCUT2D eigenvalue weighted by Crippen LogP contribution is 2.36. The lowest BCUT2D eigenvalue weighted by Crippen LogP contribution is -2.01. The zero-order valence-electron chi connectivity index (χ0n) is 15.7. The molecule has 0 aliphatic carbocycles. The quantitative estimate of drug-likeness (QED) is 0.336. The number of ether oxygens (including phenoxy) is 2. The second-order valence-corrected chi connectivity index (χ2v) is 6.19. The van der Waals surface area contributed by atoms with Crippen LogP contribution in [0.4, 0.5) is 0 Å². The number of nitrogens with zero attached hydrogens (tertiary/aromatic N) is 2. The van der Waals surface area contributed by atoms with Crippen molar-refractivity contribution >= 4 is 17.8 Å². The molecule has 0 radical (unpaired) electrons. The molecular weight excluding hydrogens is 384 g/mol. The van der Waals surface area contributed by atoms with Crippen molar-refractivity contribution < 1.29 is 23.3 Å². The van der Waals surface area contributed by atoms with Crippen molar-refractivity contribution in [2.45, 2.75) is 26.9 Å². The number of oxime groups is 1. The molecule has 0 N–H and O–H groups in total. The fraction of sp³-hybridized carbons (Fsp3) is 0.300. The van der Waals surface area contributed by atoms with Gasteiger partial charge in [0.1, 0.15) is 5.69 Å². The largest absolute Gasteiger partial charge is 0.490 e. The monoisotopic (exact) mass is 404 g/mol. The van der Waals surface area contributed by atoms with Gasteiger partial charge in [-0.15, -0.1) is 0 Å². The highest BCUT2D eigenvalue weighted by atomic mass is 35.5. The molecule has 0 amide bonds. The van der Waals surface area contributed by atoms with Crippen LogP contribution in [0.15, 0.2) is 50.7 Å². The summed E-state index contributed by atoms with van der Waals surface area (Å²) in [6.07, 6.45) is 3.99. The van der Waals surface area contributed by atoms with E-state index in [-0.39, 0.29) is 6.61 Å². The minimum absolute atomic E-state index is 0.157. The molecule has 1 aromatic carbocycles. The van der Waals surface area contributed by atoms with Gasteiger partial charge in [-0.3, -0.25) is 0 Å². The molecule has 7 nitrogen and oxygen atoms in total. The van der Waals surface area contributed by atoms with Gasteiger partial charge in [0.2, 0.25) is 5.76 Å². The van der Waals surface area contributed by atoms with Gasteiger partial charge in [0, 0.05) is 11.6 Å². The average molecular weight is 405 g/mol. The molecule has 0 fully saturated rings. The zero-order chi connectivity index (χ0) is 19.8. The van der Waals surface area contributed by atoms with E-state index in [1.165, 1.54) is 0 Å². The number of rotatable bonds is 10. The summed E-state index contributed by atoms with van der Waals surface area (Å²) in [6, 6.07) is 8.85. The van der Waals surface area contributed by atoms with E-state index in [1.807, 2.05) is 13.8 Å². The topological polar surface area (TPSA) is 79.2 Å². The Morgan fingerprint density at radius 1 is 1.18 bits per heavy atom. The average Bonchev–Trinajstić information content (AvgIpc) is 3.36. The lowest BCUT2D eigenvalue weighted by atomic mass is 10.2. The Balaban J connectivity index is 1.62. The molecule has 2 aromatic heterocycles. The minimum atomic E-state index is 0.157. The maximum atomic E-state index is 6.33. The van der Waals surface area contributed by atoms with Crippen molar-refractivity contribution in [3.8, 4) is 23.0 Å². The first-order valence-corrected chi connectivity index (χ1v) is 9.33. The van der Waals surface area contributed by atoms with Crippen LogP contribution in [0.3, 0.4) is 0 Å². The van der Waals surface area contributed by atoms with Gasteiger partial charge in [0.25, 0.3) is 0 Å². The predicted octanol–water partition coefficient (Wildman–Crippen LogP) is 5.33. The fourth-order valence-corrected chi connectivity index (χ4v) is 2.66. The van der Waals surface area contributed by atoms with E-state index < -0.39 is 0 Å². The van der Waals surface area contributed by atoms with Crippen molar-refractivity contribution in [3.05, 3.63) is 52.9 Å². The van der Waals surface area contributed by atoms with Crippen LogP contribution in [0.2, 0.25) is 5.02 Å². The Morgan fingerprint density at radius 2 is 2.07 bits per heavy atom. The third-order valence-corrected chi connectivity index (χ3v) is 3.87. The first kappa shape index (κ1) is 19.8. The Morgan fingerprint density at radius 3 is 2.82 bits per heavy atom. The summed E-state index contributed by atoms with van der Waals surface area (Å²) in [6.45, 7) is 5.15. The normalized spacial score (nSPS) is 11.1. The van der Waals surface area contributed by atoms with E-state index >= 15 is 0 Å². The third-order valence-electron chi connectivity index (χ3n) is 3.59. The number of furan rings is 1. The van der Waals surface area contributed by atoms with Crippen LogP contribution in [-0.4, -0.2) is 24.6 Å². The molecule has 28 heavy (non-hydrogen) atoms. The number of hydrogen-bond acceptors (Lipinski definition) is 7. The summed E-state index contributed by atoms with van der Waals surface area (Å²) in [5.74, 6) is 2.25. The Bertz CT molecular complexity index is 905. The van der Waals surface area contributed by atoms with Crippen LogP contribution < -0.4 is 9.47 Å². The Labute approximate surface area is 167 Å². The highest BCUT2D eigenvalue weighted by Gasteiger charge is 2.12. The summed E-state index contributed by atoms with van der Waals surface area (Å²) < 4.78 is 21.8. The van der Waals surface area contributed by atoms with Crippen molar-refractivity contribution in [1.82, 2.24) is 5.16 Å². The van der Waals surface area contributed by atoms with Gasteiger partial charge in [-0.25, -0.2) is 0 Å². The van der Waals surface area contributed by atoms with E-state index in [1.54, 1.807) is 42.8 Å². The van der Waals surface area contributed by atoms with Gasteiger partial charge < -0.3 is 23.3 Å². The molecule has 0 atom stereocenters. The predicted molar refractivity (Wildman–Crippen MR) is 105 cm³/mol. The summed E-state index contributed by atoms with van der Waals surface area (Å²) in [7, 11) is 0. The molecule has 0 spiro atoms. The minimum Gasteiger partial charge on any atom is -0.490 e.